The summed E-state index contributed by atoms with van der Waals surface area (Å²) in [6.45, 7) is 1.76. The molecule has 0 aliphatic rings. The van der Waals surface area contributed by atoms with Crippen LogP contribution in [-0.2, 0) is 16.0 Å². The molecule has 1 unspecified atom stereocenters. The SMILES string of the molecule is Cc1cc(C(O)C(=O)O)ccc1CCC(=O)O. The third kappa shape index (κ3) is 3.57. The molecular weight excluding hydrogens is 224 g/mol. The lowest BCUT2D eigenvalue weighted by atomic mass is 9.99. The lowest BCUT2D eigenvalue weighted by molar-refractivity contribution is -0.147. The van der Waals surface area contributed by atoms with Crippen LogP contribution in [-0.4, -0.2) is 27.3 Å². The van der Waals surface area contributed by atoms with Gasteiger partial charge in [-0.25, -0.2) is 4.79 Å². The number of carbonyl (C=O) groups is 2. The number of aryl methyl sites for hydroxylation is 2. The molecule has 3 N–H and O–H groups in total. The van der Waals surface area contributed by atoms with E-state index in [-0.39, 0.29) is 6.42 Å². The van der Waals surface area contributed by atoms with Gasteiger partial charge in [0.1, 0.15) is 0 Å². The van der Waals surface area contributed by atoms with Crippen molar-refractivity contribution in [3.8, 4) is 0 Å². The van der Waals surface area contributed by atoms with Gasteiger partial charge >= 0.3 is 11.9 Å². The molecule has 17 heavy (non-hydrogen) atoms. The van der Waals surface area contributed by atoms with E-state index >= 15 is 0 Å². The van der Waals surface area contributed by atoms with Crippen LogP contribution in [0.1, 0.15) is 29.2 Å². The highest BCUT2D eigenvalue weighted by Gasteiger charge is 2.16. The van der Waals surface area contributed by atoms with Crippen LogP contribution in [0.25, 0.3) is 0 Å². The maximum atomic E-state index is 10.6. The molecular formula is C12H14O5. The molecule has 0 aliphatic heterocycles. The number of hydrogen-bond acceptors (Lipinski definition) is 3. The van der Waals surface area contributed by atoms with Gasteiger partial charge in [0.2, 0.25) is 0 Å². The van der Waals surface area contributed by atoms with Crippen LogP contribution in [0.3, 0.4) is 0 Å². The number of carboxylic acids is 2. The third-order valence-corrected chi connectivity index (χ3v) is 2.52. The molecule has 0 fully saturated rings. The molecule has 0 saturated heterocycles. The topological polar surface area (TPSA) is 94.8 Å². The number of aliphatic hydroxyl groups excluding tert-OH is 1. The molecule has 0 radical (unpaired) electrons. The highest BCUT2D eigenvalue weighted by Crippen LogP contribution is 2.18. The lowest BCUT2D eigenvalue weighted by Crippen LogP contribution is -2.11. The van der Waals surface area contributed by atoms with E-state index in [1.54, 1.807) is 19.1 Å². The first kappa shape index (κ1) is 13.2. The standard InChI is InChI=1S/C12H14O5/c1-7-6-9(11(15)12(16)17)3-2-8(7)4-5-10(13)14/h2-3,6,11,15H,4-5H2,1H3,(H,13,14)(H,16,17). The molecule has 5 nitrogen and oxygen atoms in total. The van der Waals surface area contributed by atoms with E-state index in [1.807, 2.05) is 0 Å². The third-order valence-electron chi connectivity index (χ3n) is 2.52. The number of aliphatic carboxylic acids is 2. The van der Waals surface area contributed by atoms with E-state index in [0.717, 1.165) is 11.1 Å². The minimum Gasteiger partial charge on any atom is -0.481 e. The largest absolute Gasteiger partial charge is 0.481 e. The van der Waals surface area contributed by atoms with Crippen LogP contribution in [0.4, 0.5) is 0 Å². The van der Waals surface area contributed by atoms with Crippen molar-refractivity contribution in [3.63, 3.8) is 0 Å². The zero-order valence-corrected chi connectivity index (χ0v) is 9.38. The van der Waals surface area contributed by atoms with Crippen molar-refractivity contribution >= 4 is 11.9 Å². The van der Waals surface area contributed by atoms with Crippen LogP contribution >= 0.6 is 0 Å². The predicted octanol–water partition coefficient (Wildman–Crippen LogP) is 1.13. The maximum absolute atomic E-state index is 10.6. The number of carboxylic acid groups (broad SMARTS) is 2. The van der Waals surface area contributed by atoms with Crippen molar-refractivity contribution < 1.29 is 24.9 Å². The molecule has 0 aliphatic carbocycles. The second kappa shape index (κ2) is 5.45. The van der Waals surface area contributed by atoms with Crippen LogP contribution in [0.15, 0.2) is 18.2 Å². The molecule has 0 heterocycles. The molecule has 1 rings (SSSR count). The quantitative estimate of drug-likeness (QED) is 0.714. The molecule has 1 atom stereocenters. The maximum Gasteiger partial charge on any atom is 0.337 e. The second-order valence-corrected chi connectivity index (χ2v) is 3.82. The monoisotopic (exact) mass is 238 g/mol. The van der Waals surface area contributed by atoms with Gasteiger partial charge in [-0.2, -0.15) is 0 Å². The molecule has 0 bridgehead atoms. The summed E-state index contributed by atoms with van der Waals surface area (Å²) in [4.78, 5) is 21.0. The van der Waals surface area contributed by atoms with E-state index < -0.39 is 18.0 Å². The summed E-state index contributed by atoms with van der Waals surface area (Å²) in [5.74, 6) is -2.18. The van der Waals surface area contributed by atoms with Crippen molar-refractivity contribution in [2.24, 2.45) is 0 Å². The zero-order valence-electron chi connectivity index (χ0n) is 9.38. The Labute approximate surface area is 98.3 Å². The predicted molar refractivity (Wildman–Crippen MR) is 59.7 cm³/mol. The minimum absolute atomic E-state index is 0.0294. The average Bonchev–Trinajstić information content (AvgIpc) is 2.26. The Morgan fingerprint density at radius 1 is 1.29 bits per heavy atom. The summed E-state index contributed by atoms with van der Waals surface area (Å²) >= 11 is 0. The Morgan fingerprint density at radius 2 is 1.94 bits per heavy atom. The van der Waals surface area contributed by atoms with E-state index in [9.17, 15) is 14.7 Å². The summed E-state index contributed by atoms with van der Waals surface area (Å²) in [7, 11) is 0. The van der Waals surface area contributed by atoms with Gasteiger partial charge in [0.25, 0.3) is 0 Å². The van der Waals surface area contributed by atoms with E-state index in [4.69, 9.17) is 10.2 Å². The minimum atomic E-state index is -1.54. The first-order chi connectivity index (χ1) is 7.91. The molecule has 0 aromatic heterocycles. The van der Waals surface area contributed by atoms with Gasteiger partial charge in [-0.1, -0.05) is 18.2 Å². The van der Waals surface area contributed by atoms with Crippen LogP contribution in [0.2, 0.25) is 0 Å². The van der Waals surface area contributed by atoms with Gasteiger partial charge in [-0.05, 0) is 30.0 Å². The van der Waals surface area contributed by atoms with Crippen LogP contribution < -0.4 is 0 Å². The fraction of sp³-hybridized carbons (Fsp3) is 0.333. The van der Waals surface area contributed by atoms with Gasteiger partial charge < -0.3 is 15.3 Å². The van der Waals surface area contributed by atoms with Crippen LogP contribution in [0, 0.1) is 6.92 Å². The average molecular weight is 238 g/mol. The molecule has 1 aromatic rings. The van der Waals surface area contributed by atoms with Crippen molar-refractivity contribution in [2.75, 3.05) is 0 Å². The van der Waals surface area contributed by atoms with Gasteiger partial charge in [0.15, 0.2) is 6.10 Å². The summed E-state index contributed by atoms with van der Waals surface area (Å²) in [6, 6.07) is 4.72. The fourth-order valence-electron chi connectivity index (χ4n) is 1.55. The number of rotatable bonds is 5. The Morgan fingerprint density at radius 3 is 2.41 bits per heavy atom. The Kier molecular flexibility index (Phi) is 4.23. The number of hydrogen-bond donors (Lipinski definition) is 3. The van der Waals surface area contributed by atoms with Crippen molar-refractivity contribution in [3.05, 3.63) is 34.9 Å². The Balaban J connectivity index is 2.86. The first-order valence-corrected chi connectivity index (χ1v) is 5.14. The fourth-order valence-corrected chi connectivity index (χ4v) is 1.55. The van der Waals surface area contributed by atoms with Crippen molar-refractivity contribution in [1.82, 2.24) is 0 Å². The van der Waals surface area contributed by atoms with E-state index in [2.05, 4.69) is 0 Å². The van der Waals surface area contributed by atoms with Crippen molar-refractivity contribution in [2.45, 2.75) is 25.9 Å². The normalized spacial score (nSPS) is 12.1. The Bertz CT molecular complexity index is 439. The van der Waals surface area contributed by atoms with E-state index in [0.29, 0.717) is 12.0 Å². The molecule has 5 heteroatoms. The van der Waals surface area contributed by atoms with Gasteiger partial charge in [0, 0.05) is 6.42 Å². The van der Waals surface area contributed by atoms with E-state index in [1.165, 1.54) is 6.07 Å². The lowest BCUT2D eigenvalue weighted by Gasteiger charge is -2.10. The molecule has 1 aromatic carbocycles. The Hall–Kier alpha value is -1.88. The summed E-state index contributed by atoms with van der Waals surface area (Å²) in [6.07, 6.45) is -1.12. The summed E-state index contributed by atoms with van der Waals surface area (Å²) in [5, 5.41) is 26.5. The highest BCUT2D eigenvalue weighted by molar-refractivity contribution is 5.74. The second-order valence-electron chi connectivity index (χ2n) is 3.82. The first-order valence-electron chi connectivity index (χ1n) is 5.14. The molecule has 0 amide bonds. The van der Waals surface area contributed by atoms with Gasteiger partial charge in [0.05, 0.1) is 0 Å². The molecule has 92 valence electrons. The smallest absolute Gasteiger partial charge is 0.337 e. The number of aliphatic hydroxyl groups is 1. The molecule has 0 saturated carbocycles. The van der Waals surface area contributed by atoms with Gasteiger partial charge in [-0.15, -0.1) is 0 Å². The number of benzene rings is 1. The summed E-state index contributed by atoms with van der Waals surface area (Å²) < 4.78 is 0. The summed E-state index contributed by atoms with van der Waals surface area (Å²) in [5.41, 5.74) is 1.92. The zero-order chi connectivity index (χ0) is 13.0. The highest BCUT2D eigenvalue weighted by atomic mass is 16.4. The van der Waals surface area contributed by atoms with Crippen molar-refractivity contribution in [1.29, 1.82) is 0 Å². The molecule has 0 spiro atoms. The van der Waals surface area contributed by atoms with Crippen LogP contribution in [0.5, 0.6) is 0 Å². The van der Waals surface area contributed by atoms with Gasteiger partial charge in [-0.3, -0.25) is 4.79 Å².